The van der Waals surface area contributed by atoms with Crippen molar-refractivity contribution >= 4 is 11.6 Å². The minimum atomic E-state index is -4.86. The molecule has 35 heavy (non-hydrogen) atoms. The van der Waals surface area contributed by atoms with Crippen molar-refractivity contribution in [2.24, 2.45) is 5.92 Å². The van der Waals surface area contributed by atoms with Gasteiger partial charge in [0.15, 0.2) is 0 Å². The van der Waals surface area contributed by atoms with Crippen LogP contribution in [0, 0.1) is 5.92 Å². The van der Waals surface area contributed by atoms with Crippen molar-refractivity contribution in [1.29, 1.82) is 0 Å². The number of carbonyl (C=O) groups is 1. The molecule has 1 aliphatic heterocycles. The van der Waals surface area contributed by atoms with Crippen LogP contribution >= 0.6 is 0 Å². The molecular formula is C25H31F6N3O. The number of allylic oxidation sites excluding steroid dienone is 1. The van der Waals surface area contributed by atoms with Crippen LogP contribution in [0.15, 0.2) is 23.8 Å². The number of carbonyl (C=O) groups excluding carboxylic acids is 1. The molecule has 1 aromatic rings. The van der Waals surface area contributed by atoms with Crippen LogP contribution in [0.2, 0.25) is 0 Å². The van der Waals surface area contributed by atoms with Crippen molar-refractivity contribution < 1.29 is 31.1 Å². The van der Waals surface area contributed by atoms with Gasteiger partial charge in [-0.3, -0.25) is 4.79 Å². The van der Waals surface area contributed by atoms with Gasteiger partial charge in [-0.2, -0.15) is 26.3 Å². The summed E-state index contributed by atoms with van der Waals surface area (Å²) in [5.74, 6) is 0.399. The van der Waals surface area contributed by atoms with E-state index >= 15 is 0 Å². The van der Waals surface area contributed by atoms with E-state index in [1.807, 2.05) is 4.90 Å². The van der Waals surface area contributed by atoms with Crippen molar-refractivity contribution in [3.63, 3.8) is 0 Å². The topological polar surface area (TPSA) is 44.4 Å². The van der Waals surface area contributed by atoms with Crippen molar-refractivity contribution in [3.8, 4) is 0 Å². The van der Waals surface area contributed by atoms with Crippen LogP contribution in [0.5, 0.6) is 0 Å². The lowest BCUT2D eigenvalue weighted by Crippen LogP contribution is -2.42. The number of nitrogens with zero attached hydrogens (tertiary/aromatic N) is 1. The van der Waals surface area contributed by atoms with Crippen molar-refractivity contribution in [2.45, 2.75) is 69.8 Å². The van der Waals surface area contributed by atoms with Crippen LogP contribution in [0.3, 0.4) is 0 Å². The van der Waals surface area contributed by atoms with Crippen molar-refractivity contribution in [2.75, 3.05) is 26.2 Å². The number of benzene rings is 1. The Morgan fingerprint density at radius 1 is 0.886 bits per heavy atom. The number of hydrogen-bond donors (Lipinski definition) is 2. The van der Waals surface area contributed by atoms with E-state index in [-0.39, 0.29) is 29.5 Å². The summed E-state index contributed by atoms with van der Waals surface area (Å²) in [5.41, 5.74) is -1.39. The van der Waals surface area contributed by atoms with Gasteiger partial charge in [-0.1, -0.05) is 0 Å². The number of halogens is 6. The fourth-order valence-electron chi connectivity index (χ4n) is 4.97. The molecule has 0 bridgehead atoms. The Morgan fingerprint density at radius 2 is 1.46 bits per heavy atom. The summed E-state index contributed by atoms with van der Waals surface area (Å²) in [6.07, 6.45) is -2.76. The third-order valence-electron chi connectivity index (χ3n) is 7.14. The number of hydrogen-bond acceptors (Lipinski definition) is 3. The molecule has 4 rings (SSSR count). The molecule has 0 unspecified atom stereocenters. The van der Waals surface area contributed by atoms with Crippen LogP contribution in [-0.4, -0.2) is 43.0 Å². The molecular weight excluding hydrogens is 472 g/mol. The molecule has 1 saturated heterocycles. The molecule has 194 valence electrons. The first-order chi connectivity index (χ1) is 16.5. The van der Waals surface area contributed by atoms with E-state index < -0.39 is 23.5 Å². The van der Waals surface area contributed by atoms with Crippen molar-refractivity contribution in [3.05, 3.63) is 40.5 Å². The Kier molecular flexibility index (Phi) is 7.68. The molecule has 1 aromatic carbocycles. The predicted octanol–water partition coefficient (Wildman–Crippen LogP) is 5.59. The van der Waals surface area contributed by atoms with E-state index in [9.17, 15) is 31.1 Å². The summed E-state index contributed by atoms with van der Waals surface area (Å²) < 4.78 is 79.8. The summed E-state index contributed by atoms with van der Waals surface area (Å²) in [6, 6.07) is 2.03. The van der Waals surface area contributed by atoms with Gasteiger partial charge < -0.3 is 15.5 Å². The first kappa shape index (κ1) is 25.9. The monoisotopic (exact) mass is 503 g/mol. The Morgan fingerprint density at radius 3 is 1.97 bits per heavy atom. The van der Waals surface area contributed by atoms with Crippen LogP contribution in [-0.2, 0) is 17.1 Å². The average Bonchev–Trinajstić information content (AvgIpc) is 3.48. The molecule has 0 aromatic heterocycles. The molecule has 1 heterocycles. The van der Waals surface area contributed by atoms with Gasteiger partial charge in [-0.15, -0.1) is 0 Å². The molecule has 2 saturated carbocycles. The lowest BCUT2D eigenvalue weighted by Gasteiger charge is -2.30. The summed E-state index contributed by atoms with van der Waals surface area (Å²) >= 11 is 0. The molecule has 3 aliphatic rings. The Labute approximate surface area is 201 Å². The maximum absolute atomic E-state index is 13.3. The third kappa shape index (κ3) is 6.92. The molecule has 0 spiro atoms. The van der Waals surface area contributed by atoms with E-state index in [1.54, 1.807) is 0 Å². The maximum atomic E-state index is 13.3. The highest BCUT2D eigenvalue weighted by molar-refractivity contribution is 5.78. The highest BCUT2D eigenvalue weighted by atomic mass is 19.4. The second kappa shape index (κ2) is 10.4. The van der Waals surface area contributed by atoms with Gasteiger partial charge in [0.05, 0.1) is 17.7 Å². The standard InChI is InChI=1S/C25H31F6N3O/c26-24(27,28)19-11-18(12-20(13-19)25(29,30)31)23(17-5-6-17)33-14-16-3-7-21(8-4-16)32-15-22(35)34-9-1-2-10-34/h11-13,16,21,32-33H,1-10,14-15H2. The SMILES string of the molecule is O=C(CNC1CCC(CNC(=C2CC2)c2cc(C(F)(F)F)cc(C(F)(F)F)c2)CC1)N1CCCC1. The van der Waals surface area contributed by atoms with Gasteiger partial charge in [-0.25, -0.2) is 0 Å². The molecule has 4 nitrogen and oxygen atoms in total. The number of likely N-dealkylation sites (tertiary alicyclic amines) is 1. The fourth-order valence-corrected chi connectivity index (χ4v) is 4.97. The van der Waals surface area contributed by atoms with E-state index in [0.29, 0.717) is 31.6 Å². The quantitative estimate of drug-likeness (QED) is 0.477. The van der Waals surface area contributed by atoms with Gasteiger partial charge in [0.2, 0.25) is 5.91 Å². The Balaban J connectivity index is 1.34. The average molecular weight is 504 g/mol. The number of alkyl halides is 6. The first-order valence-electron chi connectivity index (χ1n) is 12.3. The molecule has 0 atom stereocenters. The lowest BCUT2D eigenvalue weighted by atomic mass is 9.86. The zero-order valence-corrected chi connectivity index (χ0v) is 19.5. The van der Waals surface area contributed by atoms with Gasteiger partial charge in [-0.05, 0) is 86.6 Å². The predicted molar refractivity (Wildman–Crippen MR) is 120 cm³/mol. The Hall–Kier alpha value is -2.23. The van der Waals surface area contributed by atoms with E-state index in [0.717, 1.165) is 69.3 Å². The third-order valence-corrected chi connectivity index (χ3v) is 7.14. The van der Waals surface area contributed by atoms with E-state index in [2.05, 4.69) is 10.6 Å². The summed E-state index contributed by atoms with van der Waals surface area (Å²) in [4.78, 5) is 14.1. The first-order valence-corrected chi connectivity index (χ1v) is 12.3. The second-order valence-electron chi connectivity index (χ2n) is 9.84. The van der Waals surface area contributed by atoms with E-state index in [4.69, 9.17) is 0 Å². The highest BCUT2D eigenvalue weighted by Gasteiger charge is 2.37. The maximum Gasteiger partial charge on any atom is 0.416 e. The smallest absolute Gasteiger partial charge is 0.384 e. The summed E-state index contributed by atoms with van der Waals surface area (Å²) in [5, 5.41) is 6.54. The van der Waals surface area contributed by atoms with E-state index in [1.165, 1.54) is 0 Å². The van der Waals surface area contributed by atoms with Gasteiger partial charge in [0.25, 0.3) is 0 Å². The van der Waals surface area contributed by atoms with Crippen LogP contribution in [0.1, 0.15) is 68.1 Å². The van der Waals surface area contributed by atoms with Crippen LogP contribution < -0.4 is 10.6 Å². The van der Waals surface area contributed by atoms with Crippen molar-refractivity contribution in [1.82, 2.24) is 15.5 Å². The van der Waals surface area contributed by atoms with Crippen LogP contribution in [0.25, 0.3) is 5.70 Å². The summed E-state index contributed by atoms with van der Waals surface area (Å²) in [6.45, 7) is 2.48. The fraction of sp³-hybridized carbons (Fsp3) is 0.640. The number of rotatable bonds is 7. The minimum Gasteiger partial charge on any atom is -0.384 e. The largest absolute Gasteiger partial charge is 0.416 e. The number of amides is 1. The molecule has 2 aliphatic carbocycles. The van der Waals surface area contributed by atoms with Crippen LogP contribution in [0.4, 0.5) is 26.3 Å². The molecule has 3 fully saturated rings. The normalized spacial score (nSPS) is 22.9. The zero-order chi connectivity index (χ0) is 25.2. The molecule has 1 amide bonds. The van der Waals surface area contributed by atoms with Gasteiger partial charge >= 0.3 is 12.4 Å². The molecule has 0 radical (unpaired) electrons. The summed E-state index contributed by atoms with van der Waals surface area (Å²) in [7, 11) is 0. The zero-order valence-electron chi connectivity index (χ0n) is 19.5. The minimum absolute atomic E-state index is 0.0598. The highest BCUT2D eigenvalue weighted by Crippen LogP contribution is 2.41. The molecule has 10 heteroatoms. The van der Waals surface area contributed by atoms with Gasteiger partial charge in [0, 0.05) is 31.4 Å². The Bertz CT molecular complexity index is 903. The number of nitrogens with one attached hydrogen (secondary N) is 2. The second-order valence-corrected chi connectivity index (χ2v) is 9.84. The van der Waals surface area contributed by atoms with Gasteiger partial charge in [0.1, 0.15) is 0 Å². The lowest BCUT2D eigenvalue weighted by molar-refractivity contribution is -0.143. The molecule has 2 N–H and O–H groups in total.